The summed E-state index contributed by atoms with van der Waals surface area (Å²) in [6.07, 6.45) is 3.05. The first-order valence-electron chi connectivity index (χ1n) is 11.4. The Kier molecular flexibility index (Phi) is 7.55. The van der Waals surface area contributed by atoms with E-state index in [-0.39, 0.29) is 5.91 Å². The van der Waals surface area contributed by atoms with E-state index in [9.17, 15) is 4.79 Å². The Morgan fingerprint density at radius 3 is 2.12 bits per heavy atom. The molecule has 1 N–H and O–H groups in total. The van der Waals surface area contributed by atoms with Crippen molar-refractivity contribution in [1.29, 1.82) is 10.5 Å². The molecule has 34 heavy (non-hydrogen) atoms. The van der Waals surface area contributed by atoms with E-state index < -0.39 is 0 Å². The summed E-state index contributed by atoms with van der Waals surface area (Å²) in [6.45, 7) is 2.33. The van der Waals surface area contributed by atoms with Gasteiger partial charge in [-0.1, -0.05) is 24.3 Å². The Morgan fingerprint density at radius 1 is 0.912 bits per heavy atom. The standard InChI is InChI=1S/C28H26N4O2/c29-18-21-3-7-24(8-4-21)25-11-13-27(14-12-25)34-17-1-2-23-15-16-32(20-23)31-28(33)26-9-5-22(19-30)6-10-26/h3-14,23H,1-2,15-17,20H2,(H,31,33)/t23-/m1/s1. The summed E-state index contributed by atoms with van der Waals surface area (Å²) in [5, 5.41) is 19.8. The van der Waals surface area contributed by atoms with Crippen LogP contribution >= 0.6 is 0 Å². The van der Waals surface area contributed by atoms with Crippen LogP contribution < -0.4 is 10.2 Å². The molecule has 6 heteroatoms. The van der Waals surface area contributed by atoms with Crippen LogP contribution in [0, 0.1) is 28.6 Å². The molecule has 1 aliphatic rings. The van der Waals surface area contributed by atoms with Gasteiger partial charge in [0.25, 0.3) is 5.91 Å². The first kappa shape index (κ1) is 23.0. The fraction of sp³-hybridized carbons (Fsp3) is 0.250. The lowest BCUT2D eigenvalue weighted by atomic mass is 10.0. The summed E-state index contributed by atoms with van der Waals surface area (Å²) in [7, 11) is 0. The summed E-state index contributed by atoms with van der Waals surface area (Å²) < 4.78 is 5.91. The molecule has 1 fully saturated rings. The number of ether oxygens (including phenoxy) is 1. The average Bonchev–Trinajstić information content (AvgIpc) is 3.34. The molecule has 0 spiro atoms. The highest BCUT2D eigenvalue weighted by molar-refractivity contribution is 5.93. The molecule has 0 bridgehead atoms. The molecule has 3 aromatic carbocycles. The zero-order chi connectivity index (χ0) is 23.8. The van der Waals surface area contributed by atoms with Crippen molar-refractivity contribution >= 4 is 5.91 Å². The molecule has 4 rings (SSSR count). The Morgan fingerprint density at radius 2 is 1.50 bits per heavy atom. The van der Waals surface area contributed by atoms with E-state index in [1.165, 1.54) is 0 Å². The summed E-state index contributed by atoms with van der Waals surface area (Å²) >= 11 is 0. The molecule has 1 saturated heterocycles. The molecule has 0 unspecified atom stereocenters. The molecule has 1 amide bonds. The van der Waals surface area contributed by atoms with Crippen LogP contribution in [0.25, 0.3) is 11.1 Å². The normalized spacial score (nSPS) is 15.3. The summed E-state index contributed by atoms with van der Waals surface area (Å²) in [6, 6.07) is 26.4. The van der Waals surface area contributed by atoms with E-state index in [2.05, 4.69) is 17.6 Å². The first-order chi connectivity index (χ1) is 16.6. The van der Waals surface area contributed by atoms with Gasteiger partial charge in [0, 0.05) is 18.7 Å². The maximum Gasteiger partial charge on any atom is 0.265 e. The third kappa shape index (κ3) is 6.01. The summed E-state index contributed by atoms with van der Waals surface area (Å²) in [5.74, 6) is 1.24. The second-order valence-corrected chi connectivity index (χ2v) is 8.44. The zero-order valence-corrected chi connectivity index (χ0v) is 18.9. The average molecular weight is 451 g/mol. The van der Waals surface area contributed by atoms with Crippen LogP contribution in [0.2, 0.25) is 0 Å². The van der Waals surface area contributed by atoms with E-state index in [1.54, 1.807) is 24.3 Å². The van der Waals surface area contributed by atoms with Crippen LogP contribution in [-0.2, 0) is 0 Å². The number of benzene rings is 3. The predicted octanol–water partition coefficient (Wildman–Crippen LogP) is 4.92. The Balaban J connectivity index is 1.16. The monoisotopic (exact) mass is 450 g/mol. The number of hydrazine groups is 1. The molecule has 1 aliphatic heterocycles. The number of carbonyl (C=O) groups is 1. The van der Waals surface area contributed by atoms with Gasteiger partial charge < -0.3 is 4.74 Å². The van der Waals surface area contributed by atoms with Crippen LogP contribution in [0.5, 0.6) is 5.75 Å². The van der Waals surface area contributed by atoms with Crippen LogP contribution in [0.15, 0.2) is 72.8 Å². The van der Waals surface area contributed by atoms with Crippen molar-refractivity contribution in [2.24, 2.45) is 5.92 Å². The highest BCUT2D eigenvalue weighted by atomic mass is 16.5. The summed E-state index contributed by atoms with van der Waals surface area (Å²) in [4.78, 5) is 12.4. The van der Waals surface area contributed by atoms with Gasteiger partial charge in [0.15, 0.2) is 0 Å². The van der Waals surface area contributed by atoms with Crippen molar-refractivity contribution in [2.45, 2.75) is 19.3 Å². The third-order valence-electron chi connectivity index (χ3n) is 6.05. The van der Waals surface area contributed by atoms with Crippen LogP contribution in [0.3, 0.4) is 0 Å². The lowest BCUT2D eigenvalue weighted by Gasteiger charge is -2.17. The third-order valence-corrected chi connectivity index (χ3v) is 6.05. The molecular formula is C28H26N4O2. The molecule has 0 aliphatic carbocycles. The number of amides is 1. The molecule has 0 aromatic heterocycles. The number of nitriles is 2. The van der Waals surface area contributed by atoms with Gasteiger partial charge in [-0.05, 0) is 84.8 Å². The van der Waals surface area contributed by atoms with Crippen LogP contribution in [-0.4, -0.2) is 30.6 Å². The molecule has 170 valence electrons. The number of hydrogen-bond donors (Lipinski definition) is 1. The van der Waals surface area contributed by atoms with Gasteiger partial charge in [-0.25, -0.2) is 5.01 Å². The van der Waals surface area contributed by atoms with Crippen molar-refractivity contribution in [3.05, 3.63) is 89.5 Å². The first-order valence-corrected chi connectivity index (χ1v) is 11.4. The second kappa shape index (κ2) is 11.1. The SMILES string of the molecule is N#Cc1ccc(C(=O)NN2CC[C@@H](CCCOc3ccc(-c4ccc(C#N)cc4)cc3)C2)cc1. The maximum absolute atomic E-state index is 12.4. The van der Waals surface area contributed by atoms with Gasteiger partial charge in [-0.15, -0.1) is 0 Å². The fourth-order valence-corrected chi connectivity index (χ4v) is 4.12. The fourth-order valence-electron chi connectivity index (χ4n) is 4.12. The quantitative estimate of drug-likeness (QED) is 0.492. The van der Waals surface area contributed by atoms with Gasteiger partial charge >= 0.3 is 0 Å². The van der Waals surface area contributed by atoms with Gasteiger partial charge in [0.2, 0.25) is 0 Å². The maximum atomic E-state index is 12.4. The lowest BCUT2D eigenvalue weighted by molar-refractivity contribution is 0.0819. The summed E-state index contributed by atoms with van der Waals surface area (Å²) in [5.41, 5.74) is 6.88. The van der Waals surface area contributed by atoms with Crippen molar-refractivity contribution in [2.75, 3.05) is 19.7 Å². The highest BCUT2D eigenvalue weighted by Crippen LogP contribution is 2.24. The molecule has 0 radical (unpaired) electrons. The largest absolute Gasteiger partial charge is 0.494 e. The second-order valence-electron chi connectivity index (χ2n) is 8.44. The van der Waals surface area contributed by atoms with E-state index in [4.69, 9.17) is 15.3 Å². The number of carbonyl (C=O) groups excluding carboxylic acids is 1. The number of nitrogens with one attached hydrogen (secondary N) is 1. The predicted molar refractivity (Wildman–Crippen MR) is 130 cm³/mol. The van der Waals surface area contributed by atoms with Crippen LogP contribution in [0.4, 0.5) is 0 Å². The number of hydrogen-bond acceptors (Lipinski definition) is 5. The Hall–Kier alpha value is -4.13. The highest BCUT2D eigenvalue weighted by Gasteiger charge is 2.23. The van der Waals surface area contributed by atoms with E-state index in [1.807, 2.05) is 53.5 Å². The van der Waals surface area contributed by atoms with E-state index in [0.29, 0.717) is 29.2 Å². The van der Waals surface area contributed by atoms with Gasteiger partial charge in [-0.3, -0.25) is 10.2 Å². The Bertz CT molecular complexity index is 1190. The van der Waals surface area contributed by atoms with Crippen molar-refractivity contribution in [3.63, 3.8) is 0 Å². The van der Waals surface area contributed by atoms with Crippen molar-refractivity contribution < 1.29 is 9.53 Å². The number of rotatable bonds is 8. The molecule has 0 saturated carbocycles. The van der Waals surface area contributed by atoms with Gasteiger partial charge in [-0.2, -0.15) is 10.5 Å². The molecule has 1 atom stereocenters. The van der Waals surface area contributed by atoms with Crippen molar-refractivity contribution in [3.8, 4) is 29.0 Å². The topological polar surface area (TPSA) is 89.2 Å². The van der Waals surface area contributed by atoms with Gasteiger partial charge in [0.05, 0.1) is 29.9 Å². The zero-order valence-electron chi connectivity index (χ0n) is 18.9. The van der Waals surface area contributed by atoms with Crippen LogP contribution in [0.1, 0.15) is 40.7 Å². The minimum atomic E-state index is -0.141. The van der Waals surface area contributed by atoms with Crippen molar-refractivity contribution in [1.82, 2.24) is 10.4 Å². The molecule has 1 heterocycles. The molecular weight excluding hydrogens is 424 g/mol. The lowest BCUT2D eigenvalue weighted by Crippen LogP contribution is -2.40. The molecule has 6 nitrogen and oxygen atoms in total. The Labute approximate surface area is 200 Å². The van der Waals surface area contributed by atoms with E-state index >= 15 is 0 Å². The van der Waals surface area contributed by atoms with Gasteiger partial charge in [0.1, 0.15) is 5.75 Å². The minimum absolute atomic E-state index is 0.141. The number of nitrogens with zero attached hydrogens (tertiary/aromatic N) is 3. The smallest absolute Gasteiger partial charge is 0.265 e. The van der Waals surface area contributed by atoms with E-state index in [0.717, 1.165) is 49.2 Å². The minimum Gasteiger partial charge on any atom is -0.494 e. The molecule has 3 aromatic rings.